The molecule has 0 aliphatic rings. The quantitative estimate of drug-likeness (QED) is 0.591. The maximum Gasteiger partial charge on any atom is 0.337 e. The van der Waals surface area contributed by atoms with Gasteiger partial charge in [0.05, 0.1) is 30.5 Å². The summed E-state index contributed by atoms with van der Waals surface area (Å²) in [5.74, 6) is -0.490. The van der Waals surface area contributed by atoms with Crippen LogP contribution < -0.4 is 9.64 Å². The molecule has 0 aromatic heterocycles. The molecule has 0 spiro atoms. The number of hydrogen-bond acceptors (Lipinski definition) is 4. The molecule has 0 saturated heterocycles. The molecule has 7 heteroatoms. The van der Waals surface area contributed by atoms with Crippen LogP contribution in [0.25, 0.3) is 0 Å². The van der Waals surface area contributed by atoms with Crippen LogP contribution in [0.3, 0.4) is 0 Å². The summed E-state index contributed by atoms with van der Waals surface area (Å²) in [5.41, 5.74) is 1.47. The summed E-state index contributed by atoms with van der Waals surface area (Å²) in [6, 6.07) is 11.4. The Morgan fingerprint density at radius 3 is 2.17 bits per heavy atom. The number of ether oxygens (including phenoxy) is 2. The summed E-state index contributed by atoms with van der Waals surface area (Å²) >= 11 is 11.9. The van der Waals surface area contributed by atoms with E-state index in [-0.39, 0.29) is 11.8 Å². The van der Waals surface area contributed by atoms with Crippen LogP contribution >= 0.6 is 23.2 Å². The number of carbonyl (C=O) groups excluding carboxylic acids is 2. The van der Waals surface area contributed by atoms with Crippen LogP contribution in [0, 0.1) is 0 Å². The third-order valence-electron chi connectivity index (χ3n) is 3.30. The number of esters is 1. The van der Waals surface area contributed by atoms with Gasteiger partial charge in [-0.25, -0.2) is 4.79 Å². The maximum atomic E-state index is 12.3. The van der Waals surface area contributed by atoms with E-state index in [1.807, 2.05) is 0 Å². The van der Waals surface area contributed by atoms with Gasteiger partial charge in [0.1, 0.15) is 11.6 Å². The highest BCUT2D eigenvalue weighted by atomic mass is 35.5. The first-order valence-corrected chi connectivity index (χ1v) is 7.84. The minimum absolute atomic E-state index is 0.206. The monoisotopic (exact) mass is 367 g/mol. The summed E-state index contributed by atoms with van der Waals surface area (Å²) in [4.78, 5) is 25.2. The Kier molecular flexibility index (Phi) is 6.06. The predicted octanol–water partition coefficient (Wildman–Crippen LogP) is 4.04. The number of rotatable bonds is 5. The first-order chi connectivity index (χ1) is 11.5. The molecule has 0 fully saturated rings. The zero-order valence-corrected chi connectivity index (χ0v) is 14.6. The van der Waals surface area contributed by atoms with Gasteiger partial charge in [-0.15, -0.1) is 11.6 Å². The molecule has 0 aliphatic carbocycles. The average Bonchev–Trinajstić information content (AvgIpc) is 2.61. The fourth-order valence-electron chi connectivity index (χ4n) is 2.16. The van der Waals surface area contributed by atoms with Gasteiger partial charge in [0, 0.05) is 5.69 Å². The van der Waals surface area contributed by atoms with Gasteiger partial charge in [-0.05, 0) is 42.5 Å². The third-order valence-corrected chi connectivity index (χ3v) is 3.83. The van der Waals surface area contributed by atoms with E-state index in [1.165, 1.54) is 19.1 Å². The van der Waals surface area contributed by atoms with Crippen molar-refractivity contribution >= 4 is 46.5 Å². The Bertz CT molecular complexity index is 747. The minimum atomic E-state index is -0.454. The van der Waals surface area contributed by atoms with Crippen molar-refractivity contribution in [1.82, 2.24) is 0 Å². The van der Waals surface area contributed by atoms with Crippen molar-refractivity contribution in [2.24, 2.45) is 0 Å². The van der Waals surface area contributed by atoms with Crippen LogP contribution in [0.2, 0.25) is 5.02 Å². The highest BCUT2D eigenvalue weighted by molar-refractivity contribution is 6.33. The minimum Gasteiger partial charge on any atom is -0.495 e. The number of anilines is 2. The number of hydrogen-bond donors (Lipinski definition) is 0. The van der Waals surface area contributed by atoms with E-state index >= 15 is 0 Å². The molecule has 2 aromatic rings. The summed E-state index contributed by atoms with van der Waals surface area (Å²) in [6.45, 7) is 0. The normalized spacial score (nSPS) is 10.2. The van der Waals surface area contributed by atoms with E-state index in [0.717, 1.165) is 0 Å². The molecular weight excluding hydrogens is 353 g/mol. The number of alkyl halides is 1. The van der Waals surface area contributed by atoms with Crippen molar-refractivity contribution in [1.29, 1.82) is 0 Å². The largest absolute Gasteiger partial charge is 0.495 e. The van der Waals surface area contributed by atoms with Crippen molar-refractivity contribution < 1.29 is 19.1 Å². The fraction of sp³-hybridized carbons (Fsp3) is 0.176. The van der Waals surface area contributed by atoms with Gasteiger partial charge in [-0.2, -0.15) is 0 Å². The number of nitrogens with zero attached hydrogens (tertiary/aromatic N) is 1. The molecule has 0 radical (unpaired) electrons. The lowest BCUT2D eigenvalue weighted by Gasteiger charge is -2.23. The van der Waals surface area contributed by atoms with Crippen LogP contribution in [0.15, 0.2) is 42.5 Å². The van der Waals surface area contributed by atoms with Crippen molar-refractivity contribution in [3.8, 4) is 5.75 Å². The zero-order valence-electron chi connectivity index (χ0n) is 13.1. The Labute approximate surface area is 149 Å². The number of methoxy groups -OCH3 is 2. The highest BCUT2D eigenvalue weighted by Crippen LogP contribution is 2.33. The van der Waals surface area contributed by atoms with E-state index < -0.39 is 5.97 Å². The molecule has 24 heavy (non-hydrogen) atoms. The molecule has 2 rings (SSSR count). The van der Waals surface area contributed by atoms with Crippen molar-refractivity contribution in [3.63, 3.8) is 0 Å². The fourth-order valence-corrected chi connectivity index (χ4v) is 2.53. The summed E-state index contributed by atoms with van der Waals surface area (Å²) in [6.07, 6.45) is 0. The van der Waals surface area contributed by atoms with Gasteiger partial charge in [-0.3, -0.25) is 9.69 Å². The SMILES string of the molecule is COC(=O)c1ccc(N(C(=O)CCl)c2ccc(OC)c(Cl)c2)cc1. The van der Waals surface area contributed by atoms with Crippen molar-refractivity contribution in [2.45, 2.75) is 0 Å². The molecule has 0 bridgehead atoms. The molecule has 1 amide bonds. The van der Waals surface area contributed by atoms with Crippen LogP contribution in [-0.2, 0) is 9.53 Å². The lowest BCUT2D eigenvalue weighted by molar-refractivity contribution is -0.115. The number of amides is 1. The second-order valence-corrected chi connectivity index (χ2v) is 5.39. The molecular formula is C17H15Cl2NO4. The van der Waals surface area contributed by atoms with Gasteiger partial charge in [-0.1, -0.05) is 11.6 Å². The van der Waals surface area contributed by atoms with Gasteiger partial charge >= 0.3 is 5.97 Å². The summed E-state index contributed by atoms with van der Waals surface area (Å²) in [7, 11) is 2.81. The van der Waals surface area contributed by atoms with E-state index in [9.17, 15) is 9.59 Å². The standard InChI is InChI=1S/C17H15Cl2NO4/c1-23-15-8-7-13(9-14(15)19)20(16(21)10-18)12-5-3-11(4-6-12)17(22)24-2/h3-9H,10H2,1-2H3. The van der Waals surface area contributed by atoms with Crippen LogP contribution in [0.1, 0.15) is 10.4 Å². The van der Waals surface area contributed by atoms with Gasteiger partial charge in [0.25, 0.3) is 0 Å². The summed E-state index contributed by atoms with van der Waals surface area (Å²) < 4.78 is 9.77. The first-order valence-electron chi connectivity index (χ1n) is 6.92. The van der Waals surface area contributed by atoms with Gasteiger partial charge in [0.15, 0.2) is 0 Å². The van der Waals surface area contributed by atoms with Gasteiger partial charge in [0.2, 0.25) is 5.91 Å². The van der Waals surface area contributed by atoms with Gasteiger partial charge < -0.3 is 9.47 Å². The maximum absolute atomic E-state index is 12.3. The van der Waals surface area contributed by atoms with Crippen molar-refractivity contribution in [2.75, 3.05) is 25.0 Å². The van der Waals surface area contributed by atoms with Crippen molar-refractivity contribution in [3.05, 3.63) is 53.1 Å². The molecule has 0 atom stereocenters. The molecule has 2 aromatic carbocycles. The molecule has 5 nitrogen and oxygen atoms in total. The third kappa shape index (κ3) is 3.80. The number of halogens is 2. The second kappa shape index (κ2) is 8.04. The smallest absolute Gasteiger partial charge is 0.337 e. The highest BCUT2D eigenvalue weighted by Gasteiger charge is 2.19. The lowest BCUT2D eigenvalue weighted by atomic mass is 10.1. The van der Waals surface area contributed by atoms with E-state index in [4.69, 9.17) is 27.9 Å². The summed E-state index contributed by atoms with van der Waals surface area (Å²) in [5, 5.41) is 0.369. The van der Waals surface area contributed by atoms with Crippen LogP contribution in [0.4, 0.5) is 11.4 Å². The Balaban J connectivity index is 2.44. The molecule has 0 heterocycles. The van der Waals surface area contributed by atoms with E-state index in [0.29, 0.717) is 27.7 Å². The predicted molar refractivity (Wildman–Crippen MR) is 93.7 cm³/mol. The van der Waals surface area contributed by atoms with Crippen LogP contribution in [-0.4, -0.2) is 32.0 Å². The average molecular weight is 368 g/mol. The Hall–Kier alpha value is -2.24. The van der Waals surface area contributed by atoms with E-state index in [2.05, 4.69) is 4.74 Å². The number of carbonyl (C=O) groups is 2. The molecule has 0 saturated carbocycles. The topological polar surface area (TPSA) is 55.8 Å². The van der Waals surface area contributed by atoms with E-state index in [1.54, 1.807) is 42.5 Å². The molecule has 0 aliphatic heterocycles. The molecule has 0 N–H and O–H groups in total. The second-order valence-electron chi connectivity index (χ2n) is 4.72. The number of benzene rings is 2. The Morgan fingerprint density at radius 2 is 1.67 bits per heavy atom. The lowest BCUT2D eigenvalue weighted by Crippen LogP contribution is -2.27. The molecule has 0 unspecified atom stereocenters. The first kappa shape index (κ1) is 18.1. The zero-order chi connectivity index (χ0) is 17.7. The molecule has 126 valence electrons. The van der Waals surface area contributed by atoms with Crippen LogP contribution in [0.5, 0.6) is 5.75 Å². The Morgan fingerprint density at radius 1 is 1.04 bits per heavy atom.